The molecule has 0 radical (unpaired) electrons. The molecule has 212 valence electrons. The van der Waals surface area contributed by atoms with Crippen molar-refractivity contribution in [1.29, 1.82) is 0 Å². The highest BCUT2D eigenvalue weighted by Gasteiger charge is 2.19. The van der Waals surface area contributed by atoms with Crippen LogP contribution in [0.4, 0.5) is 4.79 Å². The van der Waals surface area contributed by atoms with Crippen LogP contribution in [-0.2, 0) is 16.0 Å². The minimum Gasteiger partial charge on any atom is -0.496 e. The summed E-state index contributed by atoms with van der Waals surface area (Å²) in [5.41, 5.74) is 4.57. The number of amides is 2. The summed E-state index contributed by atoms with van der Waals surface area (Å²) in [7, 11) is 4.79. The summed E-state index contributed by atoms with van der Waals surface area (Å²) in [6, 6.07) is 15.4. The van der Waals surface area contributed by atoms with E-state index in [1.165, 1.54) is 5.56 Å². The van der Waals surface area contributed by atoms with Gasteiger partial charge in [0.05, 0.1) is 20.1 Å². The summed E-state index contributed by atoms with van der Waals surface area (Å²) in [5.74, 6) is 1.98. The number of urea groups is 1. The molecule has 0 heterocycles. The molecule has 7 heteroatoms. The van der Waals surface area contributed by atoms with Crippen molar-refractivity contribution in [3.8, 4) is 18.1 Å². The number of carboxylic acid groups (broad SMARTS) is 1. The van der Waals surface area contributed by atoms with E-state index >= 15 is 0 Å². The van der Waals surface area contributed by atoms with Crippen LogP contribution in [0.2, 0.25) is 0 Å². The van der Waals surface area contributed by atoms with Gasteiger partial charge in [-0.3, -0.25) is 4.79 Å². The summed E-state index contributed by atoms with van der Waals surface area (Å²) in [5, 5.41) is 11.8. The molecule has 0 atom stereocenters. The van der Waals surface area contributed by atoms with E-state index in [0.717, 1.165) is 23.1 Å². The van der Waals surface area contributed by atoms with Crippen molar-refractivity contribution in [1.82, 2.24) is 10.2 Å². The second-order valence-corrected chi connectivity index (χ2v) is 8.33. The Morgan fingerprint density at radius 2 is 1.74 bits per heavy atom. The van der Waals surface area contributed by atoms with Gasteiger partial charge in [0.15, 0.2) is 0 Å². The van der Waals surface area contributed by atoms with Crippen LogP contribution in [0.1, 0.15) is 43.9 Å². The Labute approximate surface area is 234 Å². The quantitative estimate of drug-likeness (QED) is 0.272. The zero-order valence-corrected chi connectivity index (χ0v) is 24.4. The van der Waals surface area contributed by atoms with E-state index in [-0.39, 0.29) is 12.5 Å². The van der Waals surface area contributed by atoms with Crippen molar-refractivity contribution in [2.45, 2.75) is 40.5 Å². The zero-order valence-electron chi connectivity index (χ0n) is 24.4. The molecular formula is C32H44N2O5. The number of allylic oxidation sites excluding steroid dienone is 1. The molecule has 2 amide bonds. The lowest BCUT2D eigenvalue weighted by Gasteiger charge is -2.24. The molecule has 0 aliphatic carbocycles. The number of aliphatic carboxylic acids is 1. The molecule has 0 fully saturated rings. The van der Waals surface area contributed by atoms with Gasteiger partial charge in [0, 0.05) is 32.8 Å². The molecule has 0 aliphatic heterocycles. The molecule has 0 saturated heterocycles. The number of methoxy groups -OCH3 is 2. The Morgan fingerprint density at radius 3 is 2.18 bits per heavy atom. The predicted molar refractivity (Wildman–Crippen MR) is 160 cm³/mol. The van der Waals surface area contributed by atoms with E-state index in [1.54, 1.807) is 45.2 Å². The van der Waals surface area contributed by atoms with Gasteiger partial charge >= 0.3 is 12.0 Å². The molecule has 0 aliphatic rings. The van der Waals surface area contributed by atoms with E-state index in [0.29, 0.717) is 31.0 Å². The van der Waals surface area contributed by atoms with Gasteiger partial charge < -0.3 is 24.8 Å². The fraction of sp³-hybridized carbons (Fsp3) is 0.375. The van der Waals surface area contributed by atoms with Crippen LogP contribution in [0, 0.1) is 19.3 Å². The van der Waals surface area contributed by atoms with Crippen molar-refractivity contribution in [3.63, 3.8) is 0 Å². The molecule has 2 rings (SSSR count). The lowest BCUT2D eigenvalue weighted by atomic mass is 9.93. The Bertz CT molecular complexity index is 1100. The molecule has 2 N–H and O–H groups in total. The van der Waals surface area contributed by atoms with Gasteiger partial charge in [-0.1, -0.05) is 61.0 Å². The Kier molecular flexibility index (Phi) is 18.8. The average Bonchev–Trinajstić information content (AvgIpc) is 2.92. The van der Waals surface area contributed by atoms with Crippen molar-refractivity contribution in [3.05, 3.63) is 82.9 Å². The third-order valence-electron chi connectivity index (χ3n) is 5.34. The van der Waals surface area contributed by atoms with Gasteiger partial charge in [-0.15, -0.1) is 12.3 Å². The maximum Gasteiger partial charge on any atom is 0.317 e. The lowest BCUT2D eigenvalue weighted by molar-refractivity contribution is -0.136. The van der Waals surface area contributed by atoms with Crippen LogP contribution in [0.25, 0.3) is 5.57 Å². The largest absolute Gasteiger partial charge is 0.496 e. The molecule has 7 nitrogen and oxygen atoms in total. The first-order valence-electron chi connectivity index (χ1n) is 12.9. The van der Waals surface area contributed by atoms with E-state index in [1.807, 2.05) is 44.2 Å². The fourth-order valence-electron chi connectivity index (χ4n) is 3.56. The number of nitrogens with one attached hydrogen (secondary N) is 1. The zero-order chi connectivity index (χ0) is 29.6. The molecule has 0 aromatic heterocycles. The highest BCUT2D eigenvalue weighted by molar-refractivity contribution is 5.84. The third-order valence-corrected chi connectivity index (χ3v) is 5.34. The first-order valence-corrected chi connectivity index (χ1v) is 12.9. The van der Waals surface area contributed by atoms with Crippen molar-refractivity contribution < 1.29 is 24.2 Å². The first kappa shape index (κ1) is 35.0. The SMILES string of the molecule is C#CC.CC/C=C(CN(CC)C(=O)NC)\C(=C/COC)c1cc(CC(=O)O)ccc1OC.Cc1ccccc1. The van der Waals surface area contributed by atoms with Crippen LogP contribution in [0.5, 0.6) is 5.75 Å². The number of carbonyl (C=O) groups excluding carboxylic acids is 1. The van der Waals surface area contributed by atoms with Gasteiger partial charge in [0.1, 0.15) is 5.75 Å². The summed E-state index contributed by atoms with van der Waals surface area (Å²) in [4.78, 5) is 25.1. The summed E-state index contributed by atoms with van der Waals surface area (Å²) in [6.45, 7) is 9.02. The number of rotatable bonds is 11. The van der Waals surface area contributed by atoms with Gasteiger partial charge in [0.2, 0.25) is 0 Å². The molecule has 0 spiro atoms. The van der Waals surface area contributed by atoms with E-state index < -0.39 is 5.97 Å². The normalized spacial score (nSPS) is 10.6. The van der Waals surface area contributed by atoms with Gasteiger partial charge in [-0.05, 0) is 56.0 Å². The highest BCUT2D eigenvalue weighted by atomic mass is 16.5. The third kappa shape index (κ3) is 13.9. The minimum atomic E-state index is -0.898. The standard InChI is InChI=1S/C22H32N2O5.C7H8.C3H4/c1-6-8-17(15-24(7-2)22(27)23-3)18(11-12-28-4)19-13-16(14-21(25)26)9-10-20(19)29-5;1-7-5-3-2-4-6-7;1-3-2/h8-11,13H,6-7,12,14-15H2,1-5H3,(H,23,27)(H,25,26);2-6H,1H3;1H,2H3/b17-8-,18-11+;;. The van der Waals surface area contributed by atoms with Gasteiger partial charge in [-0.2, -0.15) is 0 Å². The second-order valence-electron chi connectivity index (χ2n) is 8.33. The first-order chi connectivity index (χ1) is 18.7. The number of terminal acetylenes is 1. The number of likely N-dealkylation sites (N-methyl/N-ethyl adjacent to an activating group) is 1. The van der Waals surface area contributed by atoms with Crippen molar-refractivity contribution in [2.75, 3.05) is 41.0 Å². The number of hydrogen-bond donors (Lipinski definition) is 2. The number of hydrogen-bond acceptors (Lipinski definition) is 4. The fourth-order valence-corrected chi connectivity index (χ4v) is 3.56. The van der Waals surface area contributed by atoms with Gasteiger partial charge in [0.25, 0.3) is 0 Å². The Hall–Kier alpha value is -4.02. The molecule has 2 aromatic carbocycles. The van der Waals surface area contributed by atoms with Crippen LogP contribution >= 0.6 is 0 Å². The molecule has 2 aromatic rings. The second kappa shape index (κ2) is 21.0. The maximum absolute atomic E-state index is 12.2. The highest BCUT2D eigenvalue weighted by Crippen LogP contribution is 2.33. The number of carboxylic acids is 1. The number of ether oxygens (including phenoxy) is 2. The van der Waals surface area contributed by atoms with Crippen LogP contribution in [-0.4, -0.2) is 63.0 Å². The number of benzene rings is 2. The summed E-state index contributed by atoms with van der Waals surface area (Å²) < 4.78 is 10.8. The monoisotopic (exact) mass is 536 g/mol. The van der Waals surface area contributed by atoms with E-state index in [9.17, 15) is 9.59 Å². The van der Waals surface area contributed by atoms with Crippen LogP contribution in [0.15, 0.2) is 66.3 Å². The number of carbonyl (C=O) groups is 2. The van der Waals surface area contributed by atoms with Crippen LogP contribution < -0.4 is 10.1 Å². The minimum absolute atomic E-state index is 0.0826. The van der Waals surface area contributed by atoms with Gasteiger partial charge in [-0.25, -0.2) is 4.79 Å². The van der Waals surface area contributed by atoms with Crippen molar-refractivity contribution >= 4 is 17.6 Å². The Morgan fingerprint density at radius 1 is 1.10 bits per heavy atom. The van der Waals surface area contributed by atoms with Crippen molar-refractivity contribution in [2.24, 2.45) is 0 Å². The number of aryl methyl sites for hydroxylation is 1. The van der Waals surface area contributed by atoms with Crippen LogP contribution in [0.3, 0.4) is 0 Å². The smallest absolute Gasteiger partial charge is 0.317 e. The molecule has 0 bridgehead atoms. The van der Waals surface area contributed by atoms with E-state index in [2.05, 4.69) is 42.8 Å². The Balaban J connectivity index is 0.00000121. The molecular weight excluding hydrogens is 492 g/mol. The average molecular weight is 537 g/mol. The molecule has 0 unspecified atom stereocenters. The topological polar surface area (TPSA) is 88.1 Å². The summed E-state index contributed by atoms with van der Waals surface area (Å²) in [6.07, 6.45) is 9.29. The predicted octanol–water partition coefficient (Wildman–Crippen LogP) is 5.98. The maximum atomic E-state index is 12.2. The molecule has 0 saturated carbocycles. The number of nitrogens with zero attached hydrogens (tertiary/aromatic N) is 1. The summed E-state index contributed by atoms with van der Waals surface area (Å²) >= 11 is 0. The van der Waals surface area contributed by atoms with E-state index in [4.69, 9.17) is 14.6 Å². The lowest BCUT2D eigenvalue weighted by Crippen LogP contribution is -2.39. The molecule has 39 heavy (non-hydrogen) atoms.